The maximum atomic E-state index is 11.4. The Morgan fingerprint density at radius 3 is 2.33 bits per heavy atom. The Hall–Kier alpha value is -1.02. The molecular weight excluding hydrogens is 248 g/mol. The number of phenols is 1. The second-order valence-corrected chi connectivity index (χ2v) is 6.14. The highest BCUT2D eigenvalue weighted by Gasteiger charge is 2.24. The van der Waals surface area contributed by atoms with Gasteiger partial charge in [-0.15, -0.1) is 0 Å². The molecule has 100 valence electrons. The third-order valence-corrected chi connectivity index (χ3v) is 3.54. The van der Waals surface area contributed by atoms with Gasteiger partial charge in [-0.25, -0.2) is 0 Å². The van der Waals surface area contributed by atoms with E-state index in [0.29, 0.717) is 11.3 Å². The van der Waals surface area contributed by atoms with E-state index in [0.717, 1.165) is 17.5 Å². The number of carbonyl (C=O) groups excluding carboxylic acids is 1. The molecule has 1 aromatic rings. The molecule has 0 saturated carbocycles. The molecule has 0 aliphatic rings. The van der Waals surface area contributed by atoms with Crippen LogP contribution in [0, 0.1) is 0 Å². The van der Waals surface area contributed by atoms with Crippen LogP contribution in [0.3, 0.4) is 0 Å². The fourth-order valence-corrected chi connectivity index (χ4v) is 2.05. The summed E-state index contributed by atoms with van der Waals surface area (Å²) in [6.45, 7) is 10.1. The summed E-state index contributed by atoms with van der Waals surface area (Å²) < 4.78 is 0. The predicted molar refractivity (Wildman–Crippen MR) is 75.7 cm³/mol. The van der Waals surface area contributed by atoms with E-state index in [1.54, 1.807) is 12.1 Å². The summed E-state index contributed by atoms with van der Waals surface area (Å²) in [5.74, 6) is 0.487. The van der Waals surface area contributed by atoms with Gasteiger partial charge in [0.15, 0.2) is 0 Å². The van der Waals surface area contributed by atoms with Gasteiger partial charge in [0.1, 0.15) is 5.75 Å². The van der Waals surface area contributed by atoms with Crippen molar-refractivity contribution < 1.29 is 9.90 Å². The van der Waals surface area contributed by atoms with Gasteiger partial charge in [-0.3, -0.25) is 4.79 Å². The minimum atomic E-state index is -0.481. The first-order chi connectivity index (χ1) is 8.18. The molecule has 1 unspecified atom stereocenters. The lowest BCUT2D eigenvalue weighted by Crippen LogP contribution is -2.14. The van der Waals surface area contributed by atoms with Crippen LogP contribution in [0.5, 0.6) is 5.75 Å². The van der Waals surface area contributed by atoms with Crippen molar-refractivity contribution in [2.24, 2.45) is 0 Å². The molecule has 1 aromatic carbocycles. The van der Waals surface area contributed by atoms with Crippen molar-refractivity contribution in [3.8, 4) is 5.75 Å². The lowest BCUT2D eigenvalue weighted by Gasteiger charge is -2.24. The molecule has 1 rings (SSSR count). The van der Waals surface area contributed by atoms with Crippen molar-refractivity contribution in [3.05, 3.63) is 28.8 Å². The Labute approximate surface area is 114 Å². The minimum absolute atomic E-state index is 0.196. The zero-order valence-corrected chi connectivity index (χ0v) is 12.4. The maximum absolute atomic E-state index is 11.4. The van der Waals surface area contributed by atoms with Crippen LogP contribution in [-0.4, -0.2) is 10.3 Å². The highest BCUT2D eigenvalue weighted by molar-refractivity contribution is 6.67. The van der Waals surface area contributed by atoms with Gasteiger partial charge < -0.3 is 5.11 Å². The number of halogens is 1. The number of phenolic OH excluding ortho intramolecular Hbond substituents is 1. The van der Waals surface area contributed by atoms with Crippen LogP contribution >= 0.6 is 11.6 Å². The third-order valence-electron chi connectivity index (χ3n) is 3.32. The summed E-state index contributed by atoms with van der Waals surface area (Å²) >= 11 is 5.58. The fourth-order valence-electron chi connectivity index (χ4n) is 1.94. The Morgan fingerprint density at radius 2 is 1.94 bits per heavy atom. The van der Waals surface area contributed by atoms with E-state index in [4.69, 9.17) is 11.6 Å². The molecule has 0 bridgehead atoms. The summed E-state index contributed by atoms with van der Waals surface area (Å²) in [4.78, 5) is 11.4. The number of hydrogen-bond acceptors (Lipinski definition) is 2. The molecule has 0 aliphatic heterocycles. The summed E-state index contributed by atoms with van der Waals surface area (Å²) in [6.07, 6.45) is 0.900. The summed E-state index contributed by atoms with van der Waals surface area (Å²) in [5, 5.41) is 9.90. The molecule has 1 N–H and O–H groups in total. The Morgan fingerprint density at radius 1 is 1.39 bits per heavy atom. The van der Waals surface area contributed by atoms with Crippen LogP contribution in [0.2, 0.25) is 0 Å². The van der Waals surface area contributed by atoms with Crippen LogP contribution in [0.15, 0.2) is 12.1 Å². The Bertz CT molecular complexity index is 458. The quantitative estimate of drug-likeness (QED) is 0.815. The summed E-state index contributed by atoms with van der Waals surface area (Å²) in [6, 6.07) is 3.39. The molecule has 0 aliphatic carbocycles. The number of hydrogen-bond donors (Lipinski definition) is 1. The number of carbonyl (C=O) groups is 1. The predicted octanol–water partition coefficient (Wildman–Crippen LogP) is 4.58. The van der Waals surface area contributed by atoms with Crippen LogP contribution in [0.4, 0.5) is 0 Å². The topological polar surface area (TPSA) is 37.3 Å². The SMILES string of the molecule is CCC(C)c1cc(C(=O)Cl)cc(C(C)(C)C)c1O. The third kappa shape index (κ3) is 3.05. The maximum Gasteiger partial charge on any atom is 0.252 e. The lowest BCUT2D eigenvalue weighted by molar-refractivity contribution is 0.108. The van der Waals surface area contributed by atoms with E-state index in [-0.39, 0.29) is 11.3 Å². The first kappa shape index (κ1) is 15.0. The van der Waals surface area contributed by atoms with Crippen LogP contribution in [0.25, 0.3) is 0 Å². The molecule has 3 heteroatoms. The highest BCUT2D eigenvalue weighted by Crippen LogP contribution is 2.38. The number of rotatable bonds is 3. The highest BCUT2D eigenvalue weighted by atomic mass is 35.5. The van der Waals surface area contributed by atoms with E-state index >= 15 is 0 Å². The van der Waals surface area contributed by atoms with Crippen molar-refractivity contribution in [1.82, 2.24) is 0 Å². The molecule has 18 heavy (non-hydrogen) atoms. The monoisotopic (exact) mass is 268 g/mol. The van der Waals surface area contributed by atoms with Crippen molar-refractivity contribution in [2.75, 3.05) is 0 Å². The second kappa shape index (κ2) is 5.31. The molecule has 2 nitrogen and oxygen atoms in total. The van der Waals surface area contributed by atoms with E-state index in [1.807, 2.05) is 27.7 Å². The standard InChI is InChI=1S/C15H21ClO2/c1-6-9(2)11-7-10(14(16)18)8-12(13(11)17)15(3,4)5/h7-9,17H,6H2,1-5H3. The van der Waals surface area contributed by atoms with Gasteiger partial charge in [-0.05, 0) is 47.1 Å². The second-order valence-electron chi connectivity index (χ2n) is 5.79. The number of aromatic hydroxyl groups is 1. The van der Waals surface area contributed by atoms with E-state index < -0.39 is 5.24 Å². The zero-order valence-electron chi connectivity index (χ0n) is 11.7. The number of benzene rings is 1. The summed E-state index contributed by atoms with van der Waals surface area (Å²) in [5.41, 5.74) is 1.79. The first-order valence-electron chi connectivity index (χ1n) is 6.25. The molecule has 0 saturated heterocycles. The molecular formula is C15H21ClO2. The molecule has 0 fully saturated rings. The van der Waals surface area contributed by atoms with Crippen LogP contribution in [0.1, 0.15) is 68.4 Å². The first-order valence-corrected chi connectivity index (χ1v) is 6.63. The van der Waals surface area contributed by atoms with Crippen LogP contribution in [-0.2, 0) is 5.41 Å². The van der Waals surface area contributed by atoms with Crippen LogP contribution < -0.4 is 0 Å². The molecule has 0 aromatic heterocycles. The van der Waals surface area contributed by atoms with Crippen molar-refractivity contribution in [3.63, 3.8) is 0 Å². The average Bonchev–Trinajstić information content (AvgIpc) is 2.26. The van der Waals surface area contributed by atoms with Crippen molar-refractivity contribution in [2.45, 2.75) is 52.4 Å². The van der Waals surface area contributed by atoms with Gasteiger partial charge in [0.25, 0.3) is 5.24 Å². The largest absolute Gasteiger partial charge is 0.507 e. The molecule has 0 amide bonds. The molecule has 0 heterocycles. The van der Waals surface area contributed by atoms with Gasteiger partial charge in [0, 0.05) is 11.1 Å². The van der Waals surface area contributed by atoms with E-state index in [9.17, 15) is 9.90 Å². The van der Waals surface area contributed by atoms with E-state index in [1.165, 1.54) is 0 Å². The Kier molecular flexibility index (Phi) is 4.44. The normalized spacial score (nSPS) is 13.4. The van der Waals surface area contributed by atoms with Crippen molar-refractivity contribution >= 4 is 16.8 Å². The zero-order chi connectivity index (χ0) is 14.1. The van der Waals surface area contributed by atoms with Gasteiger partial charge >= 0.3 is 0 Å². The van der Waals surface area contributed by atoms with Gasteiger partial charge in [0.05, 0.1) is 0 Å². The van der Waals surface area contributed by atoms with Gasteiger partial charge in [0.2, 0.25) is 0 Å². The summed E-state index contributed by atoms with van der Waals surface area (Å²) in [7, 11) is 0. The minimum Gasteiger partial charge on any atom is -0.507 e. The molecule has 0 spiro atoms. The Balaban J connectivity index is 3.53. The molecule has 0 radical (unpaired) electrons. The average molecular weight is 269 g/mol. The van der Waals surface area contributed by atoms with Gasteiger partial charge in [-0.1, -0.05) is 34.6 Å². The van der Waals surface area contributed by atoms with Gasteiger partial charge in [-0.2, -0.15) is 0 Å². The smallest absolute Gasteiger partial charge is 0.252 e. The molecule has 1 atom stereocenters. The lowest BCUT2D eigenvalue weighted by atomic mass is 9.82. The fraction of sp³-hybridized carbons (Fsp3) is 0.533. The van der Waals surface area contributed by atoms with E-state index in [2.05, 4.69) is 6.92 Å². The van der Waals surface area contributed by atoms with Crippen molar-refractivity contribution in [1.29, 1.82) is 0 Å².